The zero-order chi connectivity index (χ0) is 41.1. The van der Waals surface area contributed by atoms with E-state index in [4.69, 9.17) is 21.3 Å². The molecule has 17 heteroatoms. The van der Waals surface area contributed by atoms with Crippen LogP contribution in [0.25, 0.3) is 5.00 Å². The Hall–Kier alpha value is -5.74. The number of benzene rings is 2. The SMILES string of the molecule is COC(=O)C[C@@H]1N=C(c2ccc(Cl)cc2)c2c(sc(C(=O)NCCCCCCCCNc3ccc4c(c3)C(=O)N(C3CCC(=O)NC3=O)C4=O)c2C)-n2c(C)nnc21. The van der Waals surface area contributed by atoms with Crippen LogP contribution in [0.3, 0.4) is 0 Å². The van der Waals surface area contributed by atoms with Gasteiger partial charge in [-0.15, -0.1) is 21.5 Å². The van der Waals surface area contributed by atoms with E-state index in [1.807, 2.05) is 30.5 Å². The third-order valence-corrected chi connectivity index (χ3v) is 12.1. The number of aryl methyl sites for hydroxylation is 1. The number of hydrogen-bond acceptors (Lipinski definition) is 12. The lowest BCUT2D eigenvalue weighted by atomic mass is 9.99. The van der Waals surface area contributed by atoms with Crippen LogP contribution in [0, 0.1) is 13.8 Å². The van der Waals surface area contributed by atoms with Crippen molar-refractivity contribution >= 4 is 69.8 Å². The molecule has 0 spiro atoms. The number of anilines is 1. The van der Waals surface area contributed by atoms with Crippen molar-refractivity contribution in [2.24, 2.45) is 4.99 Å². The van der Waals surface area contributed by atoms with Crippen LogP contribution >= 0.6 is 22.9 Å². The average molecular weight is 827 g/mol. The van der Waals surface area contributed by atoms with Gasteiger partial charge in [0.2, 0.25) is 11.8 Å². The quantitative estimate of drug-likeness (QED) is 0.0768. The molecule has 5 heterocycles. The van der Waals surface area contributed by atoms with Crippen molar-refractivity contribution < 1.29 is 33.5 Å². The monoisotopic (exact) mass is 826 g/mol. The summed E-state index contributed by atoms with van der Waals surface area (Å²) < 4.78 is 6.86. The van der Waals surface area contributed by atoms with E-state index in [0.717, 1.165) is 65.1 Å². The van der Waals surface area contributed by atoms with Gasteiger partial charge in [-0.2, -0.15) is 0 Å². The molecule has 0 bridgehead atoms. The maximum absolute atomic E-state index is 13.6. The Balaban J connectivity index is 0.890. The molecule has 1 unspecified atom stereocenters. The van der Waals surface area contributed by atoms with E-state index >= 15 is 0 Å². The van der Waals surface area contributed by atoms with Crippen molar-refractivity contribution in [3.63, 3.8) is 0 Å². The van der Waals surface area contributed by atoms with E-state index in [9.17, 15) is 28.8 Å². The summed E-state index contributed by atoms with van der Waals surface area (Å²) in [6, 6.07) is 10.7. The number of esters is 1. The Morgan fingerprint density at radius 3 is 2.36 bits per heavy atom. The topological polar surface area (TPSA) is 194 Å². The molecule has 5 amide bonds. The minimum atomic E-state index is -0.992. The van der Waals surface area contributed by atoms with Crippen molar-refractivity contribution in [3.8, 4) is 5.00 Å². The fourth-order valence-corrected chi connectivity index (χ4v) is 8.94. The summed E-state index contributed by atoms with van der Waals surface area (Å²) in [4.78, 5) is 82.6. The van der Waals surface area contributed by atoms with E-state index in [2.05, 4.69) is 26.1 Å². The van der Waals surface area contributed by atoms with Crippen LogP contribution in [0.2, 0.25) is 5.02 Å². The molecule has 1 saturated heterocycles. The van der Waals surface area contributed by atoms with Gasteiger partial charge in [-0.3, -0.25) is 48.5 Å². The smallest absolute Gasteiger partial charge is 0.308 e. The summed E-state index contributed by atoms with van der Waals surface area (Å²) in [6.07, 6.45) is 5.88. The third-order valence-electron chi connectivity index (χ3n) is 10.6. The molecule has 1 fully saturated rings. The van der Waals surface area contributed by atoms with E-state index in [-0.39, 0.29) is 36.3 Å². The molecule has 0 aliphatic carbocycles. The number of aromatic nitrogens is 3. The zero-order valence-corrected chi connectivity index (χ0v) is 33.9. The first kappa shape index (κ1) is 40.5. The predicted molar refractivity (Wildman–Crippen MR) is 217 cm³/mol. The minimum absolute atomic E-state index is 0.0254. The van der Waals surface area contributed by atoms with Gasteiger partial charge in [0.25, 0.3) is 17.7 Å². The summed E-state index contributed by atoms with van der Waals surface area (Å²) in [5.41, 5.74) is 4.18. The van der Waals surface area contributed by atoms with Crippen molar-refractivity contribution in [1.29, 1.82) is 0 Å². The Bertz CT molecular complexity index is 2340. The van der Waals surface area contributed by atoms with Crippen LogP contribution in [0.15, 0.2) is 47.5 Å². The van der Waals surface area contributed by atoms with Crippen LogP contribution in [0.4, 0.5) is 5.69 Å². The maximum atomic E-state index is 13.6. The second kappa shape index (κ2) is 17.4. The van der Waals surface area contributed by atoms with Crippen molar-refractivity contribution in [3.05, 3.63) is 91.8 Å². The first-order chi connectivity index (χ1) is 28.0. The van der Waals surface area contributed by atoms with Gasteiger partial charge in [-0.05, 0) is 69.0 Å². The second-order valence-corrected chi connectivity index (χ2v) is 15.9. The number of nitrogens with zero attached hydrogens (tertiary/aromatic N) is 5. The summed E-state index contributed by atoms with van der Waals surface area (Å²) in [5, 5.41) is 18.7. The molecule has 3 aliphatic heterocycles. The zero-order valence-electron chi connectivity index (χ0n) is 32.4. The van der Waals surface area contributed by atoms with E-state index < -0.39 is 41.7 Å². The van der Waals surface area contributed by atoms with Gasteiger partial charge in [-0.25, -0.2) is 0 Å². The molecule has 2 atom stereocenters. The molecule has 58 heavy (non-hydrogen) atoms. The number of thiophene rings is 1. The number of hydrogen-bond donors (Lipinski definition) is 3. The van der Waals surface area contributed by atoms with Gasteiger partial charge in [0.1, 0.15) is 22.9 Å². The number of amides is 5. The van der Waals surface area contributed by atoms with Gasteiger partial charge in [0.05, 0.1) is 35.2 Å². The van der Waals surface area contributed by atoms with Crippen LogP contribution in [0.5, 0.6) is 0 Å². The number of aliphatic imine (C=N–C) groups is 1. The number of fused-ring (bicyclic) bond motifs is 4. The number of unbranched alkanes of at least 4 members (excludes halogenated alkanes) is 5. The Labute approximate surface area is 343 Å². The van der Waals surface area contributed by atoms with Crippen LogP contribution < -0.4 is 16.0 Å². The highest BCUT2D eigenvalue weighted by Gasteiger charge is 2.44. The summed E-state index contributed by atoms with van der Waals surface area (Å²) in [7, 11) is 1.34. The average Bonchev–Trinajstić information content (AvgIpc) is 3.80. The molecule has 3 aliphatic rings. The standard InChI is InChI=1S/C41H43ClN8O7S/c1-22-33-34(24-10-12-25(42)13-11-24)45-29(21-32(52)57-3)36-48-47-23(2)49(36)41(33)58-35(22)38(54)44-19-9-7-5-4-6-8-18-43-26-14-15-27-28(20-26)40(56)50(39(27)55)30-16-17-31(51)46-37(30)53/h10-15,20,29-30,43H,4-9,16-19,21H2,1-3H3,(H,44,54)(H,46,51,53)/t29-,30?/m0/s1. The molecule has 4 aromatic rings. The Morgan fingerprint density at radius 1 is 0.931 bits per heavy atom. The van der Waals surface area contributed by atoms with Crippen LogP contribution in [-0.2, 0) is 19.1 Å². The molecule has 0 radical (unpaired) electrons. The van der Waals surface area contributed by atoms with Gasteiger partial charge in [0, 0.05) is 41.3 Å². The van der Waals surface area contributed by atoms with Gasteiger partial charge >= 0.3 is 5.97 Å². The first-order valence-electron chi connectivity index (χ1n) is 19.3. The van der Waals surface area contributed by atoms with Crippen molar-refractivity contribution in [1.82, 2.24) is 30.3 Å². The molecule has 0 saturated carbocycles. The third kappa shape index (κ3) is 8.16. The van der Waals surface area contributed by atoms with Crippen LogP contribution in [-0.4, -0.2) is 87.1 Å². The Morgan fingerprint density at radius 2 is 1.64 bits per heavy atom. The van der Waals surface area contributed by atoms with Crippen LogP contribution in [0.1, 0.15) is 123 Å². The van der Waals surface area contributed by atoms with E-state index in [1.165, 1.54) is 18.4 Å². The number of ether oxygens (including phenoxy) is 1. The summed E-state index contributed by atoms with van der Waals surface area (Å²) in [6.45, 7) is 4.95. The molecular weight excluding hydrogens is 784 g/mol. The normalized spacial score (nSPS) is 17.2. The number of carbonyl (C=O) groups excluding carboxylic acids is 6. The number of methoxy groups -OCH3 is 1. The van der Waals surface area contributed by atoms with E-state index in [0.29, 0.717) is 46.0 Å². The molecule has 2 aromatic heterocycles. The molecule has 15 nitrogen and oxygen atoms in total. The number of nitrogens with one attached hydrogen (secondary N) is 3. The summed E-state index contributed by atoms with van der Waals surface area (Å²) in [5.74, 6) is -1.58. The maximum Gasteiger partial charge on any atom is 0.308 e. The lowest BCUT2D eigenvalue weighted by Gasteiger charge is -2.27. The highest BCUT2D eigenvalue weighted by Crippen LogP contribution is 2.40. The van der Waals surface area contributed by atoms with Gasteiger partial charge in [0.15, 0.2) is 5.82 Å². The fourth-order valence-electron chi connectivity index (χ4n) is 7.53. The van der Waals surface area contributed by atoms with Gasteiger partial charge in [-0.1, -0.05) is 49.4 Å². The molecule has 2 aromatic carbocycles. The molecular formula is C41H43ClN8O7S. The molecule has 302 valence electrons. The highest BCUT2D eigenvalue weighted by atomic mass is 35.5. The largest absolute Gasteiger partial charge is 0.469 e. The number of piperidine rings is 1. The van der Waals surface area contributed by atoms with Gasteiger partial charge < -0.3 is 15.4 Å². The number of rotatable bonds is 15. The Kier molecular flexibility index (Phi) is 12.1. The lowest BCUT2D eigenvalue weighted by molar-refractivity contribution is -0.141. The number of carbonyl (C=O) groups is 6. The number of imide groups is 2. The lowest BCUT2D eigenvalue weighted by Crippen LogP contribution is -2.54. The summed E-state index contributed by atoms with van der Waals surface area (Å²) >= 11 is 7.57. The predicted octanol–water partition coefficient (Wildman–Crippen LogP) is 5.64. The number of halogens is 1. The molecule has 3 N–H and O–H groups in total. The second-order valence-electron chi connectivity index (χ2n) is 14.5. The first-order valence-corrected chi connectivity index (χ1v) is 20.5. The minimum Gasteiger partial charge on any atom is -0.469 e. The highest BCUT2D eigenvalue weighted by molar-refractivity contribution is 7.17. The fraction of sp³-hybridized carbons (Fsp3) is 0.390. The molecule has 7 rings (SSSR count). The van der Waals surface area contributed by atoms with Crippen molar-refractivity contribution in [2.45, 2.75) is 83.7 Å². The van der Waals surface area contributed by atoms with Crippen molar-refractivity contribution in [2.75, 3.05) is 25.5 Å². The van der Waals surface area contributed by atoms with E-state index in [1.54, 1.807) is 30.3 Å².